The number of hydrogen-bond acceptors (Lipinski definition) is 7. The van der Waals surface area contributed by atoms with E-state index in [0.717, 1.165) is 5.56 Å². The molecule has 9 nitrogen and oxygen atoms in total. The van der Waals surface area contributed by atoms with Gasteiger partial charge in [-0.1, -0.05) is 18.2 Å². The molecule has 0 aliphatic carbocycles. The van der Waals surface area contributed by atoms with Gasteiger partial charge in [0.15, 0.2) is 12.4 Å². The number of nitro groups is 1. The van der Waals surface area contributed by atoms with Crippen molar-refractivity contribution in [2.75, 3.05) is 26.1 Å². The first-order valence-corrected chi connectivity index (χ1v) is 8.76. The van der Waals surface area contributed by atoms with Gasteiger partial charge in [-0.15, -0.1) is 0 Å². The summed E-state index contributed by atoms with van der Waals surface area (Å²) in [6, 6.07) is 9.98. The van der Waals surface area contributed by atoms with Crippen molar-refractivity contribution in [3.63, 3.8) is 0 Å². The maximum atomic E-state index is 12.1. The number of carbonyl (C=O) groups is 2. The smallest absolute Gasteiger partial charge is 0.311 e. The van der Waals surface area contributed by atoms with E-state index in [9.17, 15) is 19.7 Å². The minimum absolute atomic E-state index is 0.0182. The molecule has 2 aromatic rings. The van der Waals surface area contributed by atoms with E-state index in [0.29, 0.717) is 23.4 Å². The average Bonchev–Trinajstić information content (AvgIpc) is 2.71. The van der Waals surface area contributed by atoms with Crippen molar-refractivity contribution in [3.8, 4) is 11.5 Å². The second-order valence-corrected chi connectivity index (χ2v) is 6.12. The number of nitrogens with zero attached hydrogens (tertiary/aromatic N) is 1. The molecule has 0 bridgehead atoms. The molecule has 1 amide bonds. The van der Waals surface area contributed by atoms with Crippen LogP contribution in [0.2, 0.25) is 0 Å². The molecule has 0 spiro atoms. The first kappa shape index (κ1) is 21.7. The van der Waals surface area contributed by atoms with Gasteiger partial charge in [-0.2, -0.15) is 0 Å². The molecule has 2 rings (SSSR count). The van der Waals surface area contributed by atoms with E-state index < -0.39 is 23.4 Å². The third-order valence-electron chi connectivity index (χ3n) is 4.15. The molecule has 0 saturated heterocycles. The first-order chi connectivity index (χ1) is 13.8. The molecule has 0 atom stereocenters. The maximum Gasteiger partial charge on any atom is 0.311 e. The Labute approximate surface area is 167 Å². The zero-order valence-electron chi connectivity index (χ0n) is 16.4. The number of rotatable bonds is 9. The number of ether oxygens (including phenoxy) is 3. The van der Waals surface area contributed by atoms with Crippen LogP contribution in [-0.2, 0) is 20.7 Å². The summed E-state index contributed by atoms with van der Waals surface area (Å²) in [5.74, 6) is -0.385. The van der Waals surface area contributed by atoms with Crippen molar-refractivity contribution in [3.05, 3.63) is 57.6 Å². The van der Waals surface area contributed by atoms with Crippen LogP contribution in [0.4, 0.5) is 11.4 Å². The fourth-order valence-electron chi connectivity index (χ4n) is 2.66. The van der Waals surface area contributed by atoms with Gasteiger partial charge in [0.25, 0.3) is 5.91 Å². The molecule has 1 N–H and O–H groups in total. The normalized spacial score (nSPS) is 10.2. The van der Waals surface area contributed by atoms with Gasteiger partial charge in [-0.05, 0) is 30.5 Å². The van der Waals surface area contributed by atoms with E-state index in [1.807, 2.05) is 18.2 Å². The molecule has 0 heterocycles. The molecule has 0 aliphatic heterocycles. The van der Waals surface area contributed by atoms with E-state index in [1.54, 1.807) is 20.1 Å². The predicted molar refractivity (Wildman–Crippen MR) is 105 cm³/mol. The Hall–Kier alpha value is -3.62. The molecule has 29 heavy (non-hydrogen) atoms. The molecule has 0 saturated carbocycles. The van der Waals surface area contributed by atoms with Gasteiger partial charge in [0.1, 0.15) is 5.75 Å². The van der Waals surface area contributed by atoms with Crippen molar-refractivity contribution in [2.24, 2.45) is 0 Å². The highest BCUT2D eigenvalue weighted by Crippen LogP contribution is 2.32. The summed E-state index contributed by atoms with van der Waals surface area (Å²) in [6.07, 6.45) is 0.515. The predicted octanol–water partition coefficient (Wildman–Crippen LogP) is 3.03. The van der Waals surface area contributed by atoms with Crippen LogP contribution in [0, 0.1) is 17.0 Å². The van der Waals surface area contributed by atoms with Crippen LogP contribution in [0.3, 0.4) is 0 Å². The number of amides is 1. The van der Waals surface area contributed by atoms with Gasteiger partial charge in [-0.25, -0.2) is 0 Å². The second kappa shape index (κ2) is 10.1. The van der Waals surface area contributed by atoms with E-state index >= 15 is 0 Å². The Balaban J connectivity index is 1.89. The molecule has 0 fully saturated rings. The number of anilines is 1. The largest absolute Gasteiger partial charge is 0.496 e. The van der Waals surface area contributed by atoms with Crippen molar-refractivity contribution < 1.29 is 28.7 Å². The van der Waals surface area contributed by atoms with E-state index in [4.69, 9.17) is 14.2 Å². The number of hydrogen-bond donors (Lipinski definition) is 1. The van der Waals surface area contributed by atoms with Crippen molar-refractivity contribution in [1.82, 2.24) is 0 Å². The van der Waals surface area contributed by atoms with Crippen LogP contribution in [0.15, 0.2) is 36.4 Å². The first-order valence-electron chi connectivity index (χ1n) is 8.76. The monoisotopic (exact) mass is 402 g/mol. The van der Waals surface area contributed by atoms with E-state index in [1.165, 1.54) is 19.2 Å². The summed E-state index contributed by atoms with van der Waals surface area (Å²) >= 11 is 0. The van der Waals surface area contributed by atoms with Gasteiger partial charge in [0.2, 0.25) is 0 Å². The standard InChI is InChI=1S/C20H22N2O7/c1-13-10-16(22(25)26)18(28-3)11-15(13)21-19(23)12-29-20(24)9-8-14-6-4-5-7-17(14)27-2/h4-7,10-11H,8-9,12H2,1-3H3,(H,21,23). The third kappa shape index (κ3) is 5.93. The van der Waals surface area contributed by atoms with E-state index in [-0.39, 0.29) is 17.9 Å². The Morgan fingerprint density at radius 2 is 1.79 bits per heavy atom. The van der Waals surface area contributed by atoms with Crippen LogP contribution < -0.4 is 14.8 Å². The minimum atomic E-state index is -0.569. The fourth-order valence-corrected chi connectivity index (χ4v) is 2.66. The summed E-state index contributed by atoms with van der Waals surface area (Å²) in [5, 5.41) is 13.6. The summed E-state index contributed by atoms with van der Waals surface area (Å²) in [7, 11) is 2.85. The lowest BCUT2D eigenvalue weighted by Gasteiger charge is -2.11. The zero-order valence-corrected chi connectivity index (χ0v) is 16.4. The average molecular weight is 402 g/mol. The van der Waals surface area contributed by atoms with Gasteiger partial charge >= 0.3 is 11.7 Å². The molecule has 2 aromatic carbocycles. The third-order valence-corrected chi connectivity index (χ3v) is 4.15. The topological polar surface area (TPSA) is 117 Å². The lowest BCUT2D eigenvalue weighted by molar-refractivity contribution is -0.385. The Kier molecular flexibility index (Phi) is 7.53. The highest BCUT2D eigenvalue weighted by molar-refractivity contribution is 5.94. The van der Waals surface area contributed by atoms with Crippen LogP contribution in [0.1, 0.15) is 17.5 Å². The summed E-state index contributed by atoms with van der Waals surface area (Å²) in [6.45, 7) is 1.14. The molecule has 0 aromatic heterocycles. The number of aryl methyl sites for hydroxylation is 2. The maximum absolute atomic E-state index is 12.1. The quantitative estimate of drug-likeness (QED) is 0.389. The number of esters is 1. The summed E-state index contributed by atoms with van der Waals surface area (Å²) in [5.41, 5.74) is 1.48. The number of nitrogens with one attached hydrogen (secondary N) is 1. The molecule has 0 unspecified atom stereocenters. The van der Waals surface area contributed by atoms with Crippen LogP contribution >= 0.6 is 0 Å². The number of methoxy groups -OCH3 is 2. The Morgan fingerprint density at radius 3 is 2.45 bits per heavy atom. The molecule has 0 aliphatic rings. The van der Waals surface area contributed by atoms with Crippen molar-refractivity contribution >= 4 is 23.3 Å². The van der Waals surface area contributed by atoms with Crippen molar-refractivity contribution in [1.29, 1.82) is 0 Å². The minimum Gasteiger partial charge on any atom is -0.496 e. The zero-order chi connectivity index (χ0) is 21.4. The summed E-state index contributed by atoms with van der Waals surface area (Å²) in [4.78, 5) is 34.5. The van der Waals surface area contributed by atoms with Crippen LogP contribution in [-0.4, -0.2) is 37.6 Å². The van der Waals surface area contributed by atoms with Gasteiger partial charge in [0.05, 0.1) is 19.1 Å². The molecule has 0 radical (unpaired) electrons. The Morgan fingerprint density at radius 1 is 1.10 bits per heavy atom. The van der Waals surface area contributed by atoms with E-state index in [2.05, 4.69) is 5.32 Å². The van der Waals surface area contributed by atoms with Crippen molar-refractivity contribution in [2.45, 2.75) is 19.8 Å². The second-order valence-electron chi connectivity index (χ2n) is 6.12. The SMILES string of the molecule is COc1ccccc1CCC(=O)OCC(=O)Nc1cc(OC)c([N+](=O)[O-])cc1C. The molecular formula is C20H22N2O7. The number of nitro benzene ring substituents is 1. The Bertz CT molecular complexity index is 912. The highest BCUT2D eigenvalue weighted by atomic mass is 16.6. The highest BCUT2D eigenvalue weighted by Gasteiger charge is 2.18. The summed E-state index contributed by atoms with van der Waals surface area (Å²) < 4.78 is 15.2. The van der Waals surface area contributed by atoms with Gasteiger partial charge in [-0.3, -0.25) is 19.7 Å². The lowest BCUT2D eigenvalue weighted by atomic mass is 10.1. The lowest BCUT2D eigenvalue weighted by Crippen LogP contribution is -2.21. The molecular weight excluding hydrogens is 380 g/mol. The van der Waals surface area contributed by atoms with Crippen LogP contribution in [0.5, 0.6) is 11.5 Å². The molecule has 9 heteroatoms. The number of para-hydroxylation sites is 1. The number of carbonyl (C=O) groups excluding carboxylic acids is 2. The van der Waals surface area contributed by atoms with Gasteiger partial charge < -0.3 is 19.5 Å². The fraction of sp³-hybridized carbons (Fsp3) is 0.300. The van der Waals surface area contributed by atoms with Gasteiger partial charge in [0, 0.05) is 24.2 Å². The molecule has 154 valence electrons. The van der Waals surface area contributed by atoms with Crippen LogP contribution in [0.25, 0.3) is 0 Å². The number of benzene rings is 2.